The first-order valence-electron chi connectivity index (χ1n) is 10.7. The van der Waals surface area contributed by atoms with E-state index in [1.165, 1.54) is 25.0 Å². The van der Waals surface area contributed by atoms with E-state index < -0.39 is 16.6 Å². The highest BCUT2D eigenvalue weighted by atomic mass is 28.4. The molecule has 0 aliphatic heterocycles. The van der Waals surface area contributed by atoms with E-state index in [4.69, 9.17) is 13.6 Å². The lowest BCUT2D eigenvalue weighted by Crippen LogP contribution is -2.44. The van der Waals surface area contributed by atoms with Gasteiger partial charge in [0.25, 0.3) is 0 Å². The number of hydrogen-bond acceptors (Lipinski definition) is 5. The molecule has 0 atom stereocenters. The van der Waals surface area contributed by atoms with E-state index in [-0.39, 0.29) is 11.9 Å². The maximum absolute atomic E-state index is 11.0. The summed E-state index contributed by atoms with van der Waals surface area (Å²) in [5, 5.41) is 0. The van der Waals surface area contributed by atoms with E-state index in [1.807, 2.05) is 48.5 Å². The molecule has 5 nitrogen and oxygen atoms in total. The molecule has 0 saturated carbocycles. The van der Waals surface area contributed by atoms with E-state index in [0.717, 1.165) is 24.9 Å². The zero-order chi connectivity index (χ0) is 23.1. The molecule has 0 aromatic heterocycles. The van der Waals surface area contributed by atoms with Gasteiger partial charge in [0.15, 0.2) is 16.6 Å². The van der Waals surface area contributed by atoms with E-state index in [0.29, 0.717) is 11.5 Å². The Bertz CT molecular complexity index is 800. The molecule has 2 aromatic rings. The Balaban J connectivity index is 1.84. The van der Waals surface area contributed by atoms with Crippen molar-refractivity contribution in [3.05, 3.63) is 59.7 Å². The molecule has 0 bridgehead atoms. The van der Waals surface area contributed by atoms with Crippen molar-refractivity contribution in [3.63, 3.8) is 0 Å². The molecular weight excluding hydrogens is 424 g/mol. The summed E-state index contributed by atoms with van der Waals surface area (Å²) < 4.78 is 17.0. The Morgan fingerprint density at radius 3 is 1.26 bits per heavy atom. The number of carbonyl (C=O) groups is 2. The second kappa shape index (κ2) is 10.9. The number of benzene rings is 2. The normalized spacial score (nSPS) is 11.8. The second-order valence-electron chi connectivity index (χ2n) is 9.10. The second-order valence-corrected chi connectivity index (χ2v) is 18.0. The van der Waals surface area contributed by atoms with Crippen LogP contribution in [0.3, 0.4) is 0 Å². The number of aryl methyl sites for hydroxylation is 2. The molecule has 0 saturated heterocycles. The Hall–Kier alpha value is -2.23. The number of rotatable bonds is 10. The third kappa shape index (κ3) is 9.63. The molecule has 7 heteroatoms. The van der Waals surface area contributed by atoms with E-state index in [2.05, 4.69) is 26.2 Å². The Morgan fingerprint density at radius 2 is 0.968 bits per heavy atom. The molecule has 0 amide bonds. The summed E-state index contributed by atoms with van der Waals surface area (Å²) in [4.78, 5) is 22.1. The molecule has 2 aromatic carbocycles. The highest BCUT2D eigenvalue weighted by molar-refractivity contribution is 6.84. The van der Waals surface area contributed by atoms with Crippen molar-refractivity contribution in [3.8, 4) is 11.5 Å². The van der Waals surface area contributed by atoms with E-state index in [9.17, 15) is 9.59 Å². The fourth-order valence-corrected chi connectivity index (χ4v) is 12.1. The minimum atomic E-state index is -1.81. The fourth-order valence-electron chi connectivity index (χ4n) is 3.52. The first-order valence-corrected chi connectivity index (χ1v) is 16.9. The summed E-state index contributed by atoms with van der Waals surface area (Å²) >= 11 is 0. The summed E-state index contributed by atoms with van der Waals surface area (Å²) in [6.45, 7) is 12.0. The molecule has 168 valence electrons. The average molecular weight is 459 g/mol. The van der Waals surface area contributed by atoms with Crippen LogP contribution in [0.1, 0.15) is 25.0 Å². The molecule has 0 N–H and O–H groups in total. The van der Waals surface area contributed by atoms with Crippen LogP contribution in [0.4, 0.5) is 0 Å². The van der Waals surface area contributed by atoms with Crippen LogP contribution in [0.5, 0.6) is 11.5 Å². The number of ether oxygens (including phenoxy) is 2. The largest absolute Gasteiger partial charge is 0.455 e. The van der Waals surface area contributed by atoms with Crippen LogP contribution < -0.4 is 9.47 Å². The first-order chi connectivity index (χ1) is 14.4. The third-order valence-electron chi connectivity index (χ3n) is 4.95. The predicted octanol–water partition coefficient (Wildman–Crippen LogP) is 5.75. The highest BCUT2D eigenvalue weighted by Gasteiger charge is 2.32. The maximum atomic E-state index is 11.0. The predicted molar refractivity (Wildman–Crippen MR) is 129 cm³/mol. The van der Waals surface area contributed by atoms with Gasteiger partial charge in [0.05, 0.1) is 0 Å². The highest BCUT2D eigenvalue weighted by Crippen LogP contribution is 2.25. The fraction of sp³-hybridized carbons (Fsp3) is 0.417. The summed E-state index contributed by atoms with van der Waals surface area (Å²) in [5.41, 5.74) is 2.46. The molecule has 0 spiro atoms. The van der Waals surface area contributed by atoms with Gasteiger partial charge >= 0.3 is 11.9 Å². The molecule has 0 radical (unpaired) electrons. The standard InChI is InChI=1S/C24H34O5Si2/c1-19(25)27-23-11-7-21(8-12-23)15-17-30(3,4)29-31(5,6)18-16-22-9-13-24(14-10-22)28-20(2)26/h7-14H,15-18H2,1-6H3. The number of carbonyl (C=O) groups excluding carboxylic acids is 2. The number of esters is 2. The lowest BCUT2D eigenvalue weighted by molar-refractivity contribution is -0.132. The lowest BCUT2D eigenvalue weighted by Gasteiger charge is -2.34. The van der Waals surface area contributed by atoms with Crippen molar-refractivity contribution in [2.24, 2.45) is 0 Å². The van der Waals surface area contributed by atoms with Gasteiger partial charge in [0, 0.05) is 13.8 Å². The van der Waals surface area contributed by atoms with Gasteiger partial charge < -0.3 is 13.6 Å². The van der Waals surface area contributed by atoms with Gasteiger partial charge in [-0.05, 0) is 86.5 Å². The van der Waals surface area contributed by atoms with Gasteiger partial charge in [-0.1, -0.05) is 24.3 Å². The Kier molecular flexibility index (Phi) is 8.79. The van der Waals surface area contributed by atoms with Crippen LogP contribution in [0, 0.1) is 0 Å². The van der Waals surface area contributed by atoms with Crippen molar-refractivity contribution >= 4 is 28.6 Å². The maximum Gasteiger partial charge on any atom is 0.308 e. The molecule has 0 aliphatic rings. The smallest absolute Gasteiger partial charge is 0.308 e. The topological polar surface area (TPSA) is 61.8 Å². The summed E-state index contributed by atoms with van der Waals surface area (Å²) in [6.07, 6.45) is 1.92. The van der Waals surface area contributed by atoms with Crippen LogP contribution in [0.15, 0.2) is 48.5 Å². The molecule has 0 fully saturated rings. The Labute approximate surface area is 188 Å². The SMILES string of the molecule is CC(=O)Oc1ccc(CC[Si](C)(C)O[Si](C)(C)CCc2ccc(OC(C)=O)cc2)cc1. The molecule has 0 heterocycles. The lowest BCUT2D eigenvalue weighted by atomic mass is 10.2. The molecule has 0 aliphatic carbocycles. The van der Waals surface area contributed by atoms with Crippen LogP contribution >= 0.6 is 0 Å². The van der Waals surface area contributed by atoms with Gasteiger partial charge in [-0.2, -0.15) is 0 Å². The zero-order valence-corrected chi connectivity index (χ0v) is 21.5. The van der Waals surface area contributed by atoms with Gasteiger partial charge in [0.2, 0.25) is 0 Å². The third-order valence-corrected chi connectivity index (χ3v) is 12.3. The van der Waals surface area contributed by atoms with Crippen LogP contribution in [-0.2, 0) is 26.5 Å². The van der Waals surface area contributed by atoms with E-state index in [1.54, 1.807) is 0 Å². The summed E-state index contributed by atoms with van der Waals surface area (Å²) in [5.74, 6) is 0.557. The van der Waals surface area contributed by atoms with Crippen molar-refractivity contribution in [1.82, 2.24) is 0 Å². The van der Waals surface area contributed by atoms with Gasteiger partial charge in [0.1, 0.15) is 11.5 Å². The van der Waals surface area contributed by atoms with Gasteiger partial charge in [-0.25, -0.2) is 0 Å². The Morgan fingerprint density at radius 1 is 0.645 bits per heavy atom. The van der Waals surface area contributed by atoms with Crippen LogP contribution in [-0.4, -0.2) is 28.6 Å². The van der Waals surface area contributed by atoms with Crippen molar-refractivity contribution in [2.75, 3.05) is 0 Å². The molecule has 2 rings (SSSR count). The summed E-state index contributed by atoms with van der Waals surface area (Å²) in [7, 11) is -3.62. The zero-order valence-electron chi connectivity index (χ0n) is 19.5. The number of hydrogen-bond donors (Lipinski definition) is 0. The quantitative estimate of drug-likeness (QED) is 0.258. The van der Waals surface area contributed by atoms with Crippen molar-refractivity contribution in [1.29, 1.82) is 0 Å². The molecular formula is C24H34O5Si2. The van der Waals surface area contributed by atoms with Crippen molar-refractivity contribution in [2.45, 2.75) is 65.0 Å². The van der Waals surface area contributed by atoms with Gasteiger partial charge in [-0.15, -0.1) is 0 Å². The molecule has 31 heavy (non-hydrogen) atoms. The minimum Gasteiger partial charge on any atom is -0.455 e. The van der Waals surface area contributed by atoms with Crippen LogP contribution in [0.2, 0.25) is 38.3 Å². The average Bonchev–Trinajstić information content (AvgIpc) is 2.65. The minimum absolute atomic E-state index is 0.304. The van der Waals surface area contributed by atoms with Crippen LogP contribution in [0.25, 0.3) is 0 Å². The van der Waals surface area contributed by atoms with E-state index >= 15 is 0 Å². The van der Waals surface area contributed by atoms with Crippen molar-refractivity contribution < 1.29 is 23.2 Å². The van der Waals surface area contributed by atoms with Gasteiger partial charge in [-0.3, -0.25) is 9.59 Å². The first kappa shape index (κ1) is 25.0. The monoisotopic (exact) mass is 458 g/mol. The summed E-state index contributed by atoms with van der Waals surface area (Å²) in [6, 6.07) is 17.6. The molecule has 0 unspecified atom stereocenters.